The molecule has 1 unspecified atom stereocenters. The van der Waals surface area contributed by atoms with E-state index in [9.17, 15) is 14.4 Å². The average Bonchev–Trinajstić information content (AvgIpc) is 2.45. The second-order valence-corrected chi connectivity index (χ2v) is 4.81. The quantitative estimate of drug-likeness (QED) is 0.742. The highest BCUT2D eigenvalue weighted by molar-refractivity contribution is 6.30. The van der Waals surface area contributed by atoms with Crippen LogP contribution < -0.4 is 5.32 Å². The van der Waals surface area contributed by atoms with Crippen LogP contribution in [0.25, 0.3) is 0 Å². The highest BCUT2D eigenvalue weighted by atomic mass is 35.5. The lowest BCUT2D eigenvalue weighted by molar-refractivity contribution is -0.144. The van der Waals surface area contributed by atoms with Gasteiger partial charge >= 0.3 is 11.9 Å². The summed E-state index contributed by atoms with van der Waals surface area (Å²) >= 11 is 5.74. The Kier molecular flexibility index (Phi) is 6.68. The second kappa shape index (κ2) is 8.26. The van der Waals surface area contributed by atoms with Crippen LogP contribution in [0.2, 0.25) is 5.02 Å². The van der Waals surface area contributed by atoms with E-state index in [2.05, 4.69) is 10.1 Å². The lowest BCUT2D eigenvalue weighted by Crippen LogP contribution is -2.41. The van der Waals surface area contributed by atoms with Gasteiger partial charge in [-0.1, -0.05) is 23.7 Å². The summed E-state index contributed by atoms with van der Waals surface area (Å²) in [4.78, 5) is 33.9. The molecule has 114 valence electrons. The van der Waals surface area contributed by atoms with Gasteiger partial charge in [0.25, 0.3) is 0 Å². The van der Waals surface area contributed by atoms with Gasteiger partial charge < -0.3 is 15.2 Å². The van der Waals surface area contributed by atoms with Crippen molar-refractivity contribution in [3.05, 3.63) is 34.9 Å². The molecule has 0 aliphatic rings. The molecule has 1 aromatic carbocycles. The second-order valence-electron chi connectivity index (χ2n) is 4.38. The molecule has 0 saturated heterocycles. The van der Waals surface area contributed by atoms with Crippen LogP contribution in [0.5, 0.6) is 0 Å². The third-order valence-electron chi connectivity index (χ3n) is 2.78. The third-order valence-corrected chi connectivity index (χ3v) is 3.03. The molecule has 2 N–H and O–H groups in total. The number of ether oxygens (including phenoxy) is 1. The van der Waals surface area contributed by atoms with Crippen LogP contribution >= 0.6 is 11.6 Å². The Balaban J connectivity index is 2.54. The largest absolute Gasteiger partial charge is 0.480 e. The van der Waals surface area contributed by atoms with Crippen LogP contribution in [0, 0.1) is 0 Å². The van der Waals surface area contributed by atoms with Gasteiger partial charge in [-0.15, -0.1) is 0 Å². The highest BCUT2D eigenvalue weighted by Gasteiger charge is 2.21. The van der Waals surface area contributed by atoms with Gasteiger partial charge in [0, 0.05) is 11.4 Å². The number of carbonyl (C=O) groups excluding carboxylic acids is 2. The van der Waals surface area contributed by atoms with Crippen LogP contribution in [0.1, 0.15) is 18.4 Å². The van der Waals surface area contributed by atoms with Gasteiger partial charge in [-0.25, -0.2) is 4.79 Å². The van der Waals surface area contributed by atoms with Crippen molar-refractivity contribution in [2.24, 2.45) is 0 Å². The van der Waals surface area contributed by atoms with Crippen molar-refractivity contribution in [3.8, 4) is 0 Å². The van der Waals surface area contributed by atoms with Crippen LogP contribution in [0.15, 0.2) is 24.3 Å². The molecule has 7 heteroatoms. The minimum absolute atomic E-state index is 0.0195. The molecule has 0 spiro atoms. The first-order valence-electron chi connectivity index (χ1n) is 6.25. The van der Waals surface area contributed by atoms with Crippen molar-refractivity contribution in [3.63, 3.8) is 0 Å². The summed E-state index contributed by atoms with van der Waals surface area (Å²) in [5.74, 6) is -2.15. The van der Waals surface area contributed by atoms with Crippen LogP contribution in [-0.2, 0) is 25.5 Å². The zero-order valence-corrected chi connectivity index (χ0v) is 12.2. The van der Waals surface area contributed by atoms with Crippen molar-refractivity contribution in [1.29, 1.82) is 0 Å². The van der Waals surface area contributed by atoms with Crippen molar-refractivity contribution < 1.29 is 24.2 Å². The molecule has 21 heavy (non-hydrogen) atoms. The minimum Gasteiger partial charge on any atom is -0.480 e. The fraction of sp³-hybridized carbons (Fsp3) is 0.357. The predicted molar refractivity (Wildman–Crippen MR) is 76.0 cm³/mol. The number of rotatable bonds is 7. The number of aliphatic carboxylic acids is 1. The Labute approximate surface area is 127 Å². The Morgan fingerprint density at radius 2 is 1.90 bits per heavy atom. The molecule has 0 radical (unpaired) electrons. The number of hydrogen-bond acceptors (Lipinski definition) is 4. The Hall–Kier alpha value is -2.08. The normalized spacial score (nSPS) is 11.5. The van der Waals surface area contributed by atoms with E-state index in [1.165, 1.54) is 7.11 Å². The number of halogens is 1. The zero-order valence-electron chi connectivity index (χ0n) is 11.5. The standard InChI is InChI=1S/C14H16ClNO5/c1-21-13(18)7-6-11(14(19)20)16-12(17)8-9-2-4-10(15)5-3-9/h2-5,11H,6-8H2,1H3,(H,16,17)(H,19,20). The number of carboxylic acid groups (broad SMARTS) is 1. The lowest BCUT2D eigenvalue weighted by Gasteiger charge is -2.14. The van der Waals surface area contributed by atoms with E-state index in [4.69, 9.17) is 16.7 Å². The molecule has 0 aromatic heterocycles. The summed E-state index contributed by atoms with van der Waals surface area (Å²) in [6.07, 6.45) is -0.0533. The van der Waals surface area contributed by atoms with Gasteiger partial charge in [-0.3, -0.25) is 9.59 Å². The zero-order chi connectivity index (χ0) is 15.8. The Morgan fingerprint density at radius 1 is 1.29 bits per heavy atom. The number of benzene rings is 1. The van der Waals surface area contributed by atoms with E-state index < -0.39 is 23.9 Å². The van der Waals surface area contributed by atoms with Gasteiger partial charge in [0.1, 0.15) is 6.04 Å². The number of amides is 1. The van der Waals surface area contributed by atoms with Crippen LogP contribution in [0.3, 0.4) is 0 Å². The molecule has 1 aromatic rings. The summed E-state index contributed by atoms with van der Waals surface area (Å²) in [5, 5.41) is 12.0. The summed E-state index contributed by atoms with van der Waals surface area (Å²) in [6.45, 7) is 0. The Bertz CT molecular complexity index is 515. The van der Waals surface area contributed by atoms with Crippen molar-refractivity contribution in [2.45, 2.75) is 25.3 Å². The summed E-state index contributed by atoms with van der Waals surface area (Å²) < 4.78 is 4.44. The molecular weight excluding hydrogens is 298 g/mol. The van der Waals surface area contributed by atoms with E-state index in [0.29, 0.717) is 10.6 Å². The number of hydrogen-bond donors (Lipinski definition) is 2. The summed E-state index contributed by atoms with van der Waals surface area (Å²) in [7, 11) is 1.22. The van der Waals surface area contributed by atoms with E-state index >= 15 is 0 Å². The minimum atomic E-state index is -1.19. The Morgan fingerprint density at radius 3 is 2.43 bits per heavy atom. The average molecular weight is 314 g/mol. The van der Waals surface area contributed by atoms with Crippen molar-refractivity contribution in [1.82, 2.24) is 5.32 Å². The maximum atomic E-state index is 11.8. The SMILES string of the molecule is COC(=O)CCC(NC(=O)Cc1ccc(Cl)cc1)C(=O)O. The number of esters is 1. The first kappa shape index (κ1) is 17.0. The fourth-order valence-corrected chi connectivity index (χ4v) is 1.78. The van der Waals surface area contributed by atoms with E-state index in [0.717, 1.165) is 0 Å². The number of carboxylic acids is 1. The lowest BCUT2D eigenvalue weighted by atomic mass is 10.1. The number of nitrogens with one attached hydrogen (secondary N) is 1. The van der Waals surface area contributed by atoms with E-state index in [-0.39, 0.29) is 19.3 Å². The molecule has 0 bridgehead atoms. The van der Waals surface area contributed by atoms with E-state index in [1.807, 2.05) is 0 Å². The molecule has 0 aliphatic carbocycles. The molecule has 0 aliphatic heterocycles. The predicted octanol–water partition coefficient (Wildman–Crippen LogP) is 1.41. The first-order chi connectivity index (χ1) is 9.92. The van der Waals surface area contributed by atoms with E-state index in [1.54, 1.807) is 24.3 Å². The maximum absolute atomic E-state index is 11.8. The molecule has 1 atom stereocenters. The third kappa shape index (κ3) is 6.27. The van der Waals surface area contributed by atoms with Gasteiger partial charge in [0.15, 0.2) is 0 Å². The smallest absolute Gasteiger partial charge is 0.326 e. The van der Waals surface area contributed by atoms with Gasteiger partial charge in [0.2, 0.25) is 5.91 Å². The van der Waals surface area contributed by atoms with Gasteiger partial charge in [-0.05, 0) is 24.1 Å². The van der Waals surface area contributed by atoms with Crippen LogP contribution in [-0.4, -0.2) is 36.1 Å². The van der Waals surface area contributed by atoms with Crippen LogP contribution in [0.4, 0.5) is 0 Å². The highest BCUT2D eigenvalue weighted by Crippen LogP contribution is 2.10. The molecular formula is C14H16ClNO5. The van der Waals surface area contributed by atoms with Crippen molar-refractivity contribution in [2.75, 3.05) is 7.11 Å². The molecule has 6 nitrogen and oxygen atoms in total. The summed E-state index contributed by atoms with van der Waals surface area (Å²) in [6, 6.07) is 5.55. The number of carbonyl (C=O) groups is 3. The molecule has 1 amide bonds. The monoisotopic (exact) mass is 313 g/mol. The maximum Gasteiger partial charge on any atom is 0.326 e. The fourth-order valence-electron chi connectivity index (χ4n) is 1.65. The van der Waals surface area contributed by atoms with Crippen molar-refractivity contribution >= 4 is 29.4 Å². The topological polar surface area (TPSA) is 92.7 Å². The molecule has 0 heterocycles. The first-order valence-corrected chi connectivity index (χ1v) is 6.63. The molecule has 1 rings (SSSR count). The van der Waals surface area contributed by atoms with Gasteiger partial charge in [-0.2, -0.15) is 0 Å². The number of methoxy groups -OCH3 is 1. The molecule has 0 fully saturated rings. The van der Waals surface area contributed by atoms with Gasteiger partial charge in [0.05, 0.1) is 13.5 Å². The summed E-state index contributed by atoms with van der Waals surface area (Å²) in [5.41, 5.74) is 0.717. The molecule has 0 saturated carbocycles.